The van der Waals surface area contributed by atoms with Gasteiger partial charge in [-0.1, -0.05) is 98.4 Å². The number of piperidine rings is 1. The first kappa shape index (κ1) is 46.8. The molecule has 4 fully saturated rings. The second kappa shape index (κ2) is 19.4. The number of ketones is 1. The fourth-order valence-corrected chi connectivity index (χ4v) is 9.51. The molecule has 5 atom stereocenters. The fraction of sp³-hybridized carbons (Fsp3) is 0.723. The molecule has 62 heavy (non-hydrogen) atoms. The van der Waals surface area contributed by atoms with E-state index in [0.29, 0.717) is 58.3 Å². The molecule has 2 saturated carbocycles. The van der Waals surface area contributed by atoms with Gasteiger partial charge in [-0.3, -0.25) is 24.0 Å². The Bertz CT molecular complexity index is 1850. The smallest absolute Gasteiger partial charge is 0.410 e. The lowest BCUT2D eigenvalue weighted by atomic mass is 9.70. The summed E-state index contributed by atoms with van der Waals surface area (Å²) < 4.78 is 6.08. The third-order valence-corrected chi connectivity index (χ3v) is 13.9. The first-order valence-electron chi connectivity index (χ1n) is 23.1. The molecule has 1 aromatic carbocycles. The number of carbonyl (C=O) groups excluding carboxylic acids is 7. The van der Waals surface area contributed by atoms with Gasteiger partial charge >= 0.3 is 12.1 Å². The van der Waals surface area contributed by atoms with E-state index < -0.39 is 76.7 Å². The van der Waals surface area contributed by atoms with Crippen LogP contribution in [0, 0.1) is 16.2 Å². The Morgan fingerprint density at radius 1 is 0.903 bits per heavy atom. The molecule has 6 rings (SSSR count). The van der Waals surface area contributed by atoms with E-state index in [0.717, 1.165) is 44.1 Å². The standard InChI is InChI=1S/C47H71N7O8/c1-8-14-34(38(56)41(58)48-32-17-18-32)49-40(57)35-25-33(62-44(61)53-23-19-30-15-10-11-16-31(30)27-53)28-54(35)42(59)39(47(7)20-12-9-13-21-47)51-43(60)50-36(45(2,3)4)29-52-24-22-46(5,6)26-37(52)55/h10-11,15-16,32-36,39H,8-9,12-14,17-29H2,1-7H3,(H,48,58)(H,49,57)(H2,50,51,60)/t33-,34?,35+,36-,39-/m1/s1. The number of urea groups is 1. The highest BCUT2D eigenvalue weighted by Crippen LogP contribution is 2.41. The Balaban J connectivity index is 1.24. The van der Waals surface area contributed by atoms with E-state index in [-0.39, 0.29) is 36.8 Å². The normalized spacial score (nSPS) is 23.6. The van der Waals surface area contributed by atoms with Crippen molar-refractivity contribution in [3.63, 3.8) is 0 Å². The van der Waals surface area contributed by atoms with Crippen molar-refractivity contribution >= 4 is 41.5 Å². The molecule has 0 aromatic heterocycles. The topological polar surface area (TPSA) is 187 Å². The number of ether oxygens (including phenoxy) is 1. The van der Waals surface area contributed by atoms with Gasteiger partial charge in [-0.25, -0.2) is 9.59 Å². The monoisotopic (exact) mass is 862 g/mol. The summed E-state index contributed by atoms with van der Waals surface area (Å²) in [6, 6.07) is 3.58. The summed E-state index contributed by atoms with van der Waals surface area (Å²) in [7, 11) is 0. The van der Waals surface area contributed by atoms with Crippen molar-refractivity contribution in [3.8, 4) is 0 Å². The molecule has 1 aromatic rings. The zero-order valence-corrected chi connectivity index (χ0v) is 38.1. The van der Waals surface area contributed by atoms with Gasteiger partial charge in [-0.05, 0) is 72.3 Å². The van der Waals surface area contributed by atoms with Crippen molar-refractivity contribution in [2.75, 3.05) is 26.2 Å². The molecule has 15 nitrogen and oxygen atoms in total. The lowest BCUT2D eigenvalue weighted by Gasteiger charge is -2.43. The zero-order valence-electron chi connectivity index (χ0n) is 38.1. The number of nitrogens with one attached hydrogen (secondary N) is 4. The first-order chi connectivity index (χ1) is 29.3. The predicted molar refractivity (Wildman–Crippen MR) is 233 cm³/mol. The van der Waals surface area contributed by atoms with Gasteiger partial charge in [0.05, 0.1) is 18.6 Å². The maximum absolute atomic E-state index is 15.2. The number of nitrogens with zero attached hydrogens (tertiary/aromatic N) is 3. The zero-order chi connectivity index (χ0) is 45.0. The van der Waals surface area contributed by atoms with Crippen molar-refractivity contribution in [1.82, 2.24) is 36.0 Å². The molecule has 0 spiro atoms. The Hall–Kier alpha value is -4.69. The van der Waals surface area contributed by atoms with Crippen molar-refractivity contribution < 1.29 is 38.3 Å². The van der Waals surface area contributed by atoms with Crippen LogP contribution < -0.4 is 21.3 Å². The molecular formula is C47H71N7O8. The van der Waals surface area contributed by atoms with Crippen molar-refractivity contribution in [3.05, 3.63) is 35.4 Å². The average molecular weight is 862 g/mol. The lowest BCUT2D eigenvalue weighted by molar-refractivity contribution is -0.144. The number of likely N-dealkylation sites (tertiary alicyclic amines) is 2. The van der Waals surface area contributed by atoms with Crippen LogP contribution in [0.5, 0.6) is 0 Å². The van der Waals surface area contributed by atoms with E-state index in [1.165, 1.54) is 10.5 Å². The molecule has 2 aliphatic carbocycles. The SMILES string of the molecule is CCCC(NC(=O)[C@@H]1C[C@@H](OC(=O)N2CCc3ccccc3C2)CN1C(=O)[C@@H](NC(=O)N[C@H](CN1CCC(C)(C)CC1=O)C(C)(C)C)C1(C)CCCCC1)C(=O)C(=O)NC1CC1. The van der Waals surface area contributed by atoms with Gasteiger partial charge in [-0.2, -0.15) is 0 Å². The number of amides is 7. The minimum absolute atomic E-state index is 0.0303. The fourth-order valence-electron chi connectivity index (χ4n) is 9.51. The van der Waals surface area contributed by atoms with Crippen molar-refractivity contribution in [2.24, 2.45) is 16.2 Å². The van der Waals surface area contributed by atoms with Crippen LogP contribution in [0.25, 0.3) is 0 Å². The minimum atomic E-state index is -1.16. The highest BCUT2D eigenvalue weighted by atomic mass is 16.6. The molecular weight excluding hydrogens is 791 g/mol. The number of benzene rings is 1. The molecule has 5 aliphatic rings. The lowest BCUT2D eigenvalue weighted by Crippen LogP contribution is -2.63. The number of fused-ring (bicyclic) bond motifs is 1. The number of rotatable bonds is 14. The molecule has 15 heteroatoms. The van der Waals surface area contributed by atoms with Crippen molar-refractivity contribution in [2.45, 2.75) is 175 Å². The van der Waals surface area contributed by atoms with Crippen LogP contribution in [0.2, 0.25) is 0 Å². The summed E-state index contributed by atoms with van der Waals surface area (Å²) in [6.45, 7) is 15.7. The Morgan fingerprint density at radius 3 is 2.24 bits per heavy atom. The van der Waals surface area contributed by atoms with Crippen LogP contribution in [0.15, 0.2) is 24.3 Å². The summed E-state index contributed by atoms with van der Waals surface area (Å²) in [6.07, 6.45) is 6.86. The second-order valence-electron chi connectivity index (χ2n) is 20.8. The van der Waals surface area contributed by atoms with Crippen LogP contribution in [-0.4, -0.2) is 119 Å². The van der Waals surface area contributed by atoms with Crippen LogP contribution in [-0.2, 0) is 41.7 Å². The second-order valence-corrected chi connectivity index (χ2v) is 20.8. The van der Waals surface area contributed by atoms with Gasteiger partial charge in [0.15, 0.2) is 0 Å². The van der Waals surface area contributed by atoms with Gasteiger partial charge in [-0.15, -0.1) is 0 Å². The number of hydrogen-bond donors (Lipinski definition) is 4. The summed E-state index contributed by atoms with van der Waals surface area (Å²) in [5.74, 6) is -2.56. The summed E-state index contributed by atoms with van der Waals surface area (Å²) in [5.41, 5.74) is 1.01. The van der Waals surface area contributed by atoms with Gasteiger partial charge in [0.1, 0.15) is 18.2 Å². The predicted octanol–water partition coefficient (Wildman–Crippen LogP) is 4.98. The van der Waals surface area contributed by atoms with Gasteiger partial charge in [0.2, 0.25) is 23.5 Å². The van der Waals surface area contributed by atoms with Gasteiger partial charge < -0.3 is 40.7 Å². The highest BCUT2D eigenvalue weighted by Gasteiger charge is 2.50. The molecule has 1 unspecified atom stereocenters. The molecule has 4 N–H and O–H groups in total. The van der Waals surface area contributed by atoms with E-state index in [4.69, 9.17) is 4.74 Å². The number of Topliss-reactive ketones (excluding diaryl/α,β-unsaturated/α-hetero) is 1. The molecule has 3 aliphatic heterocycles. The average Bonchev–Trinajstić information content (AvgIpc) is 3.94. The highest BCUT2D eigenvalue weighted by molar-refractivity contribution is 6.38. The maximum Gasteiger partial charge on any atom is 0.410 e. The summed E-state index contributed by atoms with van der Waals surface area (Å²) in [5, 5.41) is 11.7. The first-order valence-corrected chi connectivity index (χ1v) is 23.1. The Morgan fingerprint density at radius 2 is 1.60 bits per heavy atom. The summed E-state index contributed by atoms with van der Waals surface area (Å²) in [4.78, 5) is 102. The minimum Gasteiger partial charge on any atom is -0.444 e. The molecule has 342 valence electrons. The number of hydrogen-bond acceptors (Lipinski definition) is 8. The maximum atomic E-state index is 15.2. The van der Waals surface area contributed by atoms with E-state index in [9.17, 15) is 28.8 Å². The van der Waals surface area contributed by atoms with Crippen LogP contribution in [0.1, 0.15) is 137 Å². The Kier molecular flexibility index (Phi) is 14.6. The quantitative estimate of drug-likeness (QED) is 0.189. The molecule has 3 heterocycles. The third-order valence-electron chi connectivity index (χ3n) is 13.9. The molecule has 0 radical (unpaired) electrons. The third kappa shape index (κ3) is 11.7. The van der Waals surface area contributed by atoms with Crippen LogP contribution in [0.4, 0.5) is 9.59 Å². The number of carbonyl (C=O) groups is 7. The van der Waals surface area contributed by atoms with Crippen molar-refractivity contribution in [1.29, 1.82) is 0 Å². The largest absolute Gasteiger partial charge is 0.444 e. The molecule has 7 amide bonds. The van der Waals surface area contributed by atoms with E-state index in [1.54, 1.807) is 4.90 Å². The van der Waals surface area contributed by atoms with E-state index in [1.807, 2.05) is 63.8 Å². The van der Waals surface area contributed by atoms with E-state index in [2.05, 4.69) is 35.1 Å². The van der Waals surface area contributed by atoms with Gasteiger partial charge in [0.25, 0.3) is 5.91 Å². The van der Waals surface area contributed by atoms with Crippen LogP contribution in [0.3, 0.4) is 0 Å². The van der Waals surface area contributed by atoms with E-state index >= 15 is 4.79 Å². The molecule has 2 saturated heterocycles. The van der Waals surface area contributed by atoms with Gasteiger partial charge in [0, 0.05) is 45.1 Å². The summed E-state index contributed by atoms with van der Waals surface area (Å²) >= 11 is 0. The molecule has 0 bridgehead atoms. The van der Waals surface area contributed by atoms with Crippen LogP contribution >= 0.6 is 0 Å². The Labute approximate surface area is 367 Å².